The third kappa shape index (κ3) is 4.88. The van der Waals surface area contributed by atoms with Crippen LogP contribution in [0.4, 0.5) is 17.2 Å². The Kier molecular flexibility index (Phi) is 7.30. The number of hydrogen-bond donors (Lipinski definition) is 0. The third-order valence-electron chi connectivity index (χ3n) is 11.1. The molecule has 0 bridgehead atoms. The molecule has 0 unspecified atom stereocenters. The highest BCUT2D eigenvalue weighted by atomic mass is 28.3. The van der Waals surface area contributed by atoms with Gasteiger partial charge in [0.2, 0.25) is 0 Å². The molecule has 0 amide bonds. The highest BCUT2D eigenvalue weighted by Gasteiger charge is 2.50. The molecule has 0 aliphatic carbocycles. The van der Waals surface area contributed by atoms with Gasteiger partial charge in [-0.3, -0.25) is 4.90 Å². The van der Waals surface area contributed by atoms with Gasteiger partial charge in [0.05, 0.1) is 16.7 Å². The minimum Gasteiger partial charge on any atom is -0.457 e. The van der Waals surface area contributed by atoms with Crippen LogP contribution in [0, 0.1) is 0 Å². The molecular weight excluding hydrogens is 705 g/mol. The Hall–Kier alpha value is -7.22. The molecule has 10 aromatic rings. The fourth-order valence-electron chi connectivity index (χ4n) is 8.72. The number of benzene rings is 7. The number of nitrogens with zero attached hydrogens (tertiary/aromatic N) is 4. The minimum atomic E-state index is -2.95. The predicted octanol–water partition coefficient (Wildman–Crippen LogP) is 9.49. The van der Waals surface area contributed by atoms with Crippen molar-refractivity contribution >= 4 is 79.0 Å². The highest BCUT2D eigenvalue weighted by molar-refractivity contribution is 7.21. The first kappa shape index (κ1) is 32.2. The summed E-state index contributed by atoms with van der Waals surface area (Å²) in [5.41, 5.74) is 6.81. The van der Waals surface area contributed by atoms with Gasteiger partial charge in [0.1, 0.15) is 34.3 Å². The molecule has 1 aliphatic rings. The lowest BCUT2D eigenvalue weighted by atomic mass is 10.1. The van der Waals surface area contributed by atoms with Gasteiger partial charge in [-0.05, 0) is 81.4 Å². The van der Waals surface area contributed by atoms with Crippen molar-refractivity contribution in [2.24, 2.45) is 7.05 Å². The lowest BCUT2D eigenvalue weighted by Gasteiger charge is -2.44. The molecule has 3 aromatic heterocycles. The molecule has 0 atom stereocenters. The van der Waals surface area contributed by atoms with Crippen LogP contribution in [0.3, 0.4) is 0 Å². The number of para-hydroxylation sites is 3. The van der Waals surface area contributed by atoms with Gasteiger partial charge in [-0.15, -0.1) is 0 Å². The number of anilines is 3. The number of fused-ring (bicyclic) bond motifs is 6. The molecule has 0 N–H and O–H groups in total. The Morgan fingerprint density at radius 2 is 1.29 bits per heavy atom. The molecule has 0 radical (unpaired) electrons. The van der Waals surface area contributed by atoms with Gasteiger partial charge >= 0.3 is 0 Å². The number of aryl methyl sites for hydroxylation is 1. The van der Waals surface area contributed by atoms with Crippen LogP contribution in [0.15, 0.2) is 193 Å². The summed E-state index contributed by atoms with van der Waals surface area (Å²) in [5.74, 6) is 3.25. The van der Waals surface area contributed by atoms with Crippen molar-refractivity contribution in [2.45, 2.75) is 0 Å². The summed E-state index contributed by atoms with van der Waals surface area (Å²) in [6.07, 6.45) is 1.91. The van der Waals surface area contributed by atoms with Gasteiger partial charge in [-0.25, -0.2) is 9.97 Å². The summed E-state index contributed by atoms with van der Waals surface area (Å²) >= 11 is 0. The Balaban J connectivity index is 1.11. The first-order chi connectivity index (χ1) is 27.7. The Labute approximate surface area is 324 Å². The summed E-state index contributed by atoms with van der Waals surface area (Å²) in [7, 11) is -0.898. The zero-order valence-corrected chi connectivity index (χ0v) is 31.5. The van der Waals surface area contributed by atoms with E-state index in [-0.39, 0.29) is 0 Å². The number of ether oxygens (including phenoxy) is 1. The smallest absolute Gasteiger partial charge is 0.186 e. The Morgan fingerprint density at radius 1 is 0.571 bits per heavy atom. The number of aromatic nitrogens is 3. The molecule has 1 aliphatic heterocycles. The molecule has 0 fully saturated rings. The largest absolute Gasteiger partial charge is 0.457 e. The standard InChI is InChI=1S/C49H34N4O2Si/c1-52-42-25-10-9-24-41(42)51-48(52)33-15-12-17-35(29-33)54-36-18-13-16-34(30-36)53-43-31-40-39-23-8-11-26-44(39)55-45(40)32-47(43)56(37-19-4-2-5-20-37,38-21-6-3-7-22-38)46-27-14-28-50-49(46)53/h2-32H,1H3. The average molecular weight is 739 g/mol. The molecule has 0 saturated carbocycles. The number of furan rings is 1. The van der Waals surface area contributed by atoms with Crippen LogP contribution < -0.4 is 30.4 Å². The molecule has 6 nitrogen and oxygen atoms in total. The Bertz CT molecular complexity index is 3060. The van der Waals surface area contributed by atoms with Crippen LogP contribution in [0.5, 0.6) is 11.5 Å². The second-order valence-electron chi connectivity index (χ2n) is 14.3. The summed E-state index contributed by atoms with van der Waals surface area (Å²) in [6.45, 7) is 0. The lowest BCUT2D eigenvalue weighted by molar-refractivity contribution is 0.483. The molecule has 7 heteroatoms. The summed E-state index contributed by atoms with van der Waals surface area (Å²) in [6, 6.07) is 63.9. The predicted molar refractivity (Wildman–Crippen MR) is 230 cm³/mol. The maximum atomic E-state index is 6.67. The monoisotopic (exact) mass is 738 g/mol. The zero-order chi connectivity index (χ0) is 37.2. The van der Waals surface area contributed by atoms with Crippen molar-refractivity contribution in [3.05, 3.63) is 188 Å². The summed E-state index contributed by atoms with van der Waals surface area (Å²) in [5, 5.41) is 7.18. The zero-order valence-electron chi connectivity index (χ0n) is 30.5. The number of rotatable bonds is 6. The SMILES string of the molecule is Cn1c(-c2cccc(Oc3cccc(N4c5cc6c(cc5[Si](c5ccccc5)(c5ccccc5)c5cccnc54)oc4ccccc46)c3)c2)nc2ccccc21. The summed E-state index contributed by atoms with van der Waals surface area (Å²) < 4.78 is 15.4. The van der Waals surface area contributed by atoms with Gasteiger partial charge in [0.15, 0.2) is 8.07 Å². The van der Waals surface area contributed by atoms with Crippen molar-refractivity contribution < 1.29 is 9.15 Å². The van der Waals surface area contributed by atoms with Gasteiger partial charge in [0, 0.05) is 41.3 Å². The van der Waals surface area contributed by atoms with Crippen molar-refractivity contribution in [3.8, 4) is 22.9 Å². The van der Waals surface area contributed by atoms with Crippen LogP contribution in [-0.2, 0) is 7.05 Å². The first-order valence-corrected chi connectivity index (χ1v) is 20.8. The molecular formula is C49H34N4O2Si. The maximum absolute atomic E-state index is 6.67. The second kappa shape index (κ2) is 12.7. The van der Waals surface area contributed by atoms with E-state index in [1.165, 1.54) is 20.7 Å². The minimum absolute atomic E-state index is 0.721. The van der Waals surface area contributed by atoms with E-state index in [0.717, 1.165) is 73.1 Å². The fourth-order valence-corrected chi connectivity index (χ4v) is 13.7. The van der Waals surface area contributed by atoms with E-state index >= 15 is 0 Å². The lowest BCUT2D eigenvalue weighted by Crippen LogP contribution is -2.77. The highest BCUT2D eigenvalue weighted by Crippen LogP contribution is 2.42. The topological polar surface area (TPSA) is 56.3 Å². The van der Waals surface area contributed by atoms with E-state index < -0.39 is 8.07 Å². The molecule has 0 saturated heterocycles. The van der Waals surface area contributed by atoms with E-state index in [0.29, 0.717) is 0 Å². The molecule has 266 valence electrons. The van der Waals surface area contributed by atoms with Crippen molar-refractivity contribution in [1.29, 1.82) is 0 Å². The van der Waals surface area contributed by atoms with E-state index in [1.54, 1.807) is 0 Å². The van der Waals surface area contributed by atoms with Crippen LogP contribution in [-0.4, -0.2) is 22.6 Å². The molecule has 56 heavy (non-hydrogen) atoms. The molecule has 4 heterocycles. The van der Waals surface area contributed by atoms with Crippen LogP contribution in [0.25, 0.3) is 44.4 Å². The van der Waals surface area contributed by atoms with Gasteiger partial charge in [-0.2, -0.15) is 0 Å². The van der Waals surface area contributed by atoms with Crippen LogP contribution in [0.1, 0.15) is 0 Å². The average Bonchev–Trinajstić information content (AvgIpc) is 3.79. The Morgan fingerprint density at radius 3 is 2.09 bits per heavy atom. The fraction of sp³-hybridized carbons (Fsp3) is 0.0204. The van der Waals surface area contributed by atoms with Gasteiger partial charge in [-0.1, -0.05) is 115 Å². The normalized spacial score (nSPS) is 13.2. The molecule has 7 aromatic carbocycles. The first-order valence-electron chi connectivity index (χ1n) is 18.8. The van der Waals surface area contributed by atoms with Gasteiger partial charge in [0.25, 0.3) is 0 Å². The number of imidazole rings is 1. The maximum Gasteiger partial charge on any atom is 0.186 e. The van der Waals surface area contributed by atoms with E-state index in [1.807, 2.05) is 54.7 Å². The van der Waals surface area contributed by atoms with Gasteiger partial charge < -0.3 is 13.7 Å². The number of pyridine rings is 1. The van der Waals surface area contributed by atoms with Crippen molar-refractivity contribution in [2.75, 3.05) is 4.90 Å². The van der Waals surface area contributed by atoms with E-state index in [4.69, 9.17) is 19.1 Å². The van der Waals surface area contributed by atoms with Crippen molar-refractivity contribution in [1.82, 2.24) is 14.5 Å². The molecule has 0 spiro atoms. The third-order valence-corrected chi connectivity index (χ3v) is 16.0. The van der Waals surface area contributed by atoms with Crippen LogP contribution >= 0.6 is 0 Å². The quantitative estimate of drug-likeness (QED) is 0.159. The van der Waals surface area contributed by atoms with Crippen molar-refractivity contribution in [3.63, 3.8) is 0 Å². The van der Waals surface area contributed by atoms with E-state index in [9.17, 15) is 0 Å². The molecule has 11 rings (SSSR count). The van der Waals surface area contributed by atoms with Crippen LogP contribution in [0.2, 0.25) is 0 Å². The second-order valence-corrected chi connectivity index (χ2v) is 18.0. The number of hydrogen-bond acceptors (Lipinski definition) is 5. The summed E-state index contributed by atoms with van der Waals surface area (Å²) in [4.78, 5) is 12.5. The van der Waals surface area contributed by atoms with E-state index in [2.05, 4.69) is 150 Å².